The van der Waals surface area contributed by atoms with Crippen LogP contribution in [0.2, 0.25) is 0 Å². The van der Waals surface area contributed by atoms with Crippen LogP contribution in [-0.2, 0) is 10.0 Å². The van der Waals surface area contributed by atoms with Crippen molar-refractivity contribution in [2.45, 2.75) is 24.2 Å². The second-order valence-corrected chi connectivity index (χ2v) is 9.08. The van der Waals surface area contributed by atoms with Crippen LogP contribution in [0, 0.1) is 0 Å². The molecule has 1 amide bonds. The number of halogens is 1. The predicted octanol–water partition coefficient (Wildman–Crippen LogP) is 3.88. The largest absolute Gasteiger partial charge is 0.497 e. The lowest BCUT2D eigenvalue weighted by Crippen LogP contribution is -2.35. The Morgan fingerprint density at radius 1 is 1.11 bits per heavy atom. The molecule has 0 unspecified atom stereocenters. The number of piperidine rings is 1. The van der Waals surface area contributed by atoms with E-state index in [1.54, 1.807) is 36.4 Å². The first kappa shape index (κ1) is 19.9. The van der Waals surface area contributed by atoms with E-state index >= 15 is 0 Å². The summed E-state index contributed by atoms with van der Waals surface area (Å²) >= 11 is 3.35. The van der Waals surface area contributed by atoms with Crippen molar-refractivity contribution in [2.75, 3.05) is 25.5 Å². The van der Waals surface area contributed by atoms with Crippen molar-refractivity contribution in [3.05, 3.63) is 52.5 Å². The number of ether oxygens (including phenoxy) is 1. The molecule has 8 heteroatoms. The number of carbonyl (C=O) groups excluding carboxylic acids is 1. The number of anilines is 1. The van der Waals surface area contributed by atoms with E-state index in [4.69, 9.17) is 4.74 Å². The maximum atomic E-state index is 12.8. The van der Waals surface area contributed by atoms with Gasteiger partial charge in [0.15, 0.2) is 0 Å². The fourth-order valence-electron chi connectivity index (χ4n) is 2.99. The number of hydrogen-bond acceptors (Lipinski definition) is 4. The van der Waals surface area contributed by atoms with E-state index in [-0.39, 0.29) is 10.8 Å². The number of hydrogen-bond donors (Lipinski definition) is 1. The highest BCUT2D eigenvalue weighted by Crippen LogP contribution is 2.25. The number of amides is 1. The molecular formula is C19H21BrN2O4S. The SMILES string of the molecule is COc1ccc(Br)c(C(=O)Nc2cccc(S(=O)(=O)N3CCCCC3)c2)c1. The average Bonchev–Trinajstić information content (AvgIpc) is 2.69. The van der Waals surface area contributed by atoms with Gasteiger partial charge in [0.1, 0.15) is 5.75 Å². The highest BCUT2D eigenvalue weighted by molar-refractivity contribution is 9.10. The van der Waals surface area contributed by atoms with Crippen LogP contribution >= 0.6 is 15.9 Å². The highest BCUT2D eigenvalue weighted by Gasteiger charge is 2.26. The van der Waals surface area contributed by atoms with Crippen LogP contribution in [0.1, 0.15) is 29.6 Å². The minimum absolute atomic E-state index is 0.187. The fraction of sp³-hybridized carbons (Fsp3) is 0.316. The predicted molar refractivity (Wildman–Crippen MR) is 108 cm³/mol. The minimum atomic E-state index is -3.55. The summed E-state index contributed by atoms with van der Waals surface area (Å²) in [5.74, 6) is 0.207. The summed E-state index contributed by atoms with van der Waals surface area (Å²) in [5, 5.41) is 2.76. The normalized spacial score (nSPS) is 15.3. The molecule has 144 valence electrons. The lowest BCUT2D eigenvalue weighted by Gasteiger charge is -2.26. The van der Waals surface area contributed by atoms with E-state index in [2.05, 4.69) is 21.2 Å². The monoisotopic (exact) mass is 452 g/mol. The topological polar surface area (TPSA) is 75.7 Å². The molecule has 0 radical (unpaired) electrons. The van der Waals surface area contributed by atoms with Gasteiger partial charge in [-0.15, -0.1) is 0 Å². The Labute approximate surface area is 167 Å². The third-order valence-corrected chi connectivity index (χ3v) is 7.05. The molecule has 3 rings (SSSR count). The molecule has 1 aliphatic rings. The van der Waals surface area contributed by atoms with Crippen LogP contribution in [0.5, 0.6) is 5.75 Å². The number of sulfonamides is 1. The van der Waals surface area contributed by atoms with Gasteiger partial charge in [-0.1, -0.05) is 12.5 Å². The summed E-state index contributed by atoms with van der Waals surface area (Å²) < 4.78 is 32.9. The van der Waals surface area contributed by atoms with E-state index < -0.39 is 10.0 Å². The summed E-state index contributed by atoms with van der Waals surface area (Å²) in [4.78, 5) is 12.8. The molecular weight excluding hydrogens is 432 g/mol. The van der Waals surface area contributed by atoms with Gasteiger partial charge in [0.25, 0.3) is 5.91 Å². The molecule has 0 bridgehead atoms. The first-order chi connectivity index (χ1) is 12.9. The molecule has 2 aromatic carbocycles. The number of nitrogens with zero attached hydrogens (tertiary/aromatic N) is 1. The van der Waals surface area contributed by atoms with E-state index in [9.17, 15) is 13.2 Å². The Hall–Kier alpha value is -1.90. The Morgan fingerprint density at radius 3 is 2.56 bits per heavy atom. The highest BCUT2D eigenvalue weighted by atomic mass is 79.9. The van der Waals surface area contributed by atoms with Crippen molar-refractivity contribution >= 4 is 37.5 Å². The summed E-state index contributed by atoms with van der Waals surface area (Å²) in [7, 11) is -2.02. The molecule has 0 saturated carbocycles. The minimum Gasteiger partial charge on any atom is -0.497 e. The van der Waals surface area contributed by atoms with Gasteiger partial charge in [0.05, 0.1) is 17.6 Å². The van der Waals surface area contributed by atoms with Gasteiger partial charge >= 0.3 is 0 Å². The number of benzene rings is 2. The van der Waals surface area contributed by atoms with Gasteiger partial charge in [-0.3, -0.25) is 4.79 Å². The number of nitrogens with one attached hydrogen (secondary N) is 1. The van der Waals surface area contributed by atoms with Crippen LogP contribution in [0.25, 0.3) is 0 Å². The zero-order valence-electron chi connectivity index (χ0n) is 14.9. The molecule has 6 nitrogen and oxygen atoms in total. The summed E-state index contributed by atoms with van der Waals surface area (Å²) in [6.07, 6.45) is 2.80. The second kappa shape index (κ2) is 8.41. The van der Waals surface area contributed by atoms with E-state index in [1.165, 1.54) is 17.5 Å². The van der Waals surface area contributed by atoms with Crippen molar-refractivity contribution in [3.8, 4) is 5.75 Å². The first-order valence-electron chi connectivity index (χ1n) is 8.67. The van der Waals surface area contributed by atoms with Gasteiger partial charge in [-0.25, -0.2) is 8.42 Å². The second-order valence-electron chi connectivity index (χ2n) is 6.29. The van der Waals surface area contributed by atoms with Gasteiger partial charge in [0, 0.05) is 23.2 Å². The third kappa shape index (κ3) is 4.51. The molecule has 27 heavy (non-hydrogen) atoms. The van der Waals surface area contributed by atoms with Crippen molar-refractivity contribution in [3.63, 3.8) is 0 Å². The zero-order valence-corrected chi connectivity index (χ0v) is 17.3. The van der Waals surface area contributed by atoms with Crippen molar-refractivity contribution in [2.24, 2.45) is 0 Å². The standard InChI is InChI=1S/C19H21BrN2O4S/c1-26-15-8-9-18(20)17(13-15)19(23)21-14-6-5-7-16(12-14)27(24,25)22-10-3-2-4-11-22/h5-9,12-13H,2-4,10-11H2,1H3,(H,21,23). The number of methoxy groups -OCH3 is 1. The molecule has 1 N–H and O–H groups in total. The molecule has 2 aromatic rings. The van der Waals surface area contributed by atoms with E-state index in [1.807, 2.05) is 0 Å². The van der Waals surface area contributed by atoms with Crippen LogP contribution in [0.15, 0.2) is 51.8 Å². The molecule has 0 aliphatic carbocycles. The molecule has 0 aromatic heterocycles. The van der Waals surface area contributed by atoms with Crippen molar-refractivity contribution < 1.29 is 17.9 Å². The molecule has 0 spiro atoms. The molecule has 1 fully saturated rings. The Kier molecular flexibility index (Phi) is 6.18. The smallest absolute Gasteiger partial charge is 0.256 e. The van der Waals surface area contributed by atoms with E-state index in [0.29, 0.717) is 34.6 Å². The maximum Gasteiger partial charge on any atom is 0.256 e. The Morgan fingerprint density at radius 2 is 1.85 bits per heavy atom. The van der Waals surface area contributed by atoms with Crippen molar-refractivity contribution in [1.29, 1.82) is 0 Å². The summed E-state index contributed by atoms with van der Waals surface area (Å²) in [5.41, 5.74) is 0.825. The van der Waals surface area contributed by atoms with Gasteiger partial charge in [-0.2, -0.15) is 4.31 Å². The Bertz CT molecular complexity index is 940. The van der Waals surface area contributed by atoms with Gasteiger partial charge < -0.3 is 10.1 Å². The van der Waals surface area contributed by atoms with Crippen LogP contribution in [0.4, 0.5) is 5.69 Å². The molecule has 0 atom stereocenters. The lowest BCUT2D eigenvalue weighted by atomic mass is 10.2. The van der Waals surface area contributed by atoms with Crippen LogP contribution in [0.3, 0.4) is 0 Å². The lowest BCUT2D eigenvalue weighted by molar-refractivity contribution is 0.102. The Balaban J connectivity index is 1.83. The zero-order chi connectivity index (χ0) is 19.4. The van der Waals surface area contributed by atoms with Crippen LogP contribution in [-0.4, -0.2) is 38.8 Å². The average molecular weight is 453 g/mol. The van der Waals surface area contributed by atoms with Crippen molar-refractivity contribution in [1.82, 2.24) is 4.31 Å². The quantitative estimate of drug-likeness (QED) is 0.746. The fourth-order valence-corrected chi connectivity index (χ4v) is 4.98. The van der Waals surface area contributed by atoms with Crippen LogP contribution < -0.4 is 10.1 Å². The van der Waals surface area contributed by atoms with Gasteiger partial charge in [-0.05, 0) is 65.2 Å². The molecule has 1 aliphatic heterocycles. The third-order valence-electron chi connectivity index (χ3n) is 4.46. The summed E-state index contributed by atoms with van der Waals surface area (Å²) in [6.45, 7) is 1.07. The maximum absolute atomic E-state index is 12.8. The van der Waals surface area contributed by atoms with E-state index in [0.717, 1.165) is 19.3 Å². The van der Waals surface area contributed by atoms with Gasteiger partial charge in [0.2, 0.25) is 10.0 Å². The number of rotatable bonds is 5. The number of carbonyl (C=O) groups is 1. The molecule has 1 saturated heterocycles. The summed E-state index contributed by atoms with van der Waals surface area (Å²) in [6, 6.07) is 11.4. The first-order valence-corrected chi connectivity index (χ1v) is 10.9. The molecule has 1 heterocycles.